The zero-order valence-electron chi connectivity index (χ0n) is 18.9. The van der Waals surface area contributed by atoms with E-state index in [0.717, 1.165) is 51.1 Å². The van der Waals surface area contributed by atoms with Gasteiger partial charge in [0.1, 0.15) is 18.0 Å². The third-order valence-electron chi connectivity index (χ3n) is 6.42. The number of carbonyl (C=O) groups is 1. The molecule has 0 bridgehead atoms. The van der Waals surface area contributed by atoms with Crippen molar-refractivity contribution in [1.29, 1.82) is 0 Å². The molecule has 4 aromatic rings. The molecule has 0 unspecified atom stereocenters. The number of aromatic nitrogens is 3. The lowest BCUT2D eigenvalue weighted by Crippen LogP contribution is -2.25. The number of thioether (sulfide) groups is 1. The molecule has 3 aromatic heterocycles. The van der Waals surface area contributed by atoms with Crippen LogP contribution < -0.4 is 15.0 Å². The highest BCUT2D eigenvalue weighted by Crippen LogP contribution is 2.36. The molecule has 5 heterocycles. The fourth-order valence-corrected chi connectivity index (χ4v) is 7.12. The summed E-state index contributed by atoms with van der Waals surface area (Å²) in [7, 11) is 0. The number of nitrogens with zero attached hydrogens (tertiary/aromatic N) is 3. The molecule has 0 radical (unpaired) electrons. The van der Waals surface area contributed by atoms with Crippen LogP contribution in [0.2, 0.25) is 0 Å². The van der Waals surface area contributed by atoms with E-state index in [-0.39, 0.29) is 17.9 Å². The first kappa shape index (κ1) is 21.5. The number of ketones is 1. The highest BCUT2D eigenvalue weighted by Gasteiger charge is 2.23. The second-order valence-electron chi connectivity index (χ2n) is 8.54. The maximum Gasteiger partial charge on any atom is 0.262 e. The quantitative estimate of drug-likeness (QED) is 0.395. The molecule has 6 rings (SSSR count). The van der Waals surface area contributed by atoms with E-state index in [9.17, 15) is 9.59 Å². The van der Waals surface area contributed by atoms with Gasteiger partial charge in [-0.25, -0.2) is 4.98 Å². The summed E-state index contributed by atoms with van der Waals surface area (Å²) >= 11 is 3.48. The predicted molar refractivity (Wildman–Crippen MR) is 134 cm³/mol. The molecule has 0 aliphatic carbocycles. The molecule has 2 aliphatic heterocycles. The topological polar surface area (TPSA) is 75.4 Å². The minimum atomic E-state index is -0.122. The van der Waals surface area contributed by atoms with E-state index in [0.29, 0.717) is 29.9 Å². The Labute approximate surface area is 204 Å². The van der Waals surface area contributed by atoms with Crippen molar-refractivity contribution in [3.63, 3.8) is 0 Å². The number of hydrogen-bond donors (Lipinski definition) is 0. The molecule has 7 nitrogen and oxygen atoms in total. The number of fused-ring (bicyclic) bond motifs is 4. The first-order valence-corrected chi connectivity index (χ1v) is 13.2. The molecule has 0 N–H and O–H groups in total. The van der Waals surface area contributed by atoms with Crippen LogP contribution in [0.15, 0.2) is 35.4 Å². The number of Topliss-reactive ketones (excluding diaryl/α,β-unsaturated/α-hetero) is 1. The van der Waals surface area contributed by atoms with Crippen molar-refractivity contribution < 1.29 is 14.3 Å². The Balaban J connectivity index is 1.34. The van der Waals surface area contributed by atoms with Gasteiger partial charge in [0.15, 0.2) is 17.3 Å². The molecule has 0 spiro atoms. The standard InChI is InChI=1S/C25H23N3O4S2/c1-14-9-18(15(2)28(14)16-3-4-20-21(10-16)32-7-6-31-20)19(29)11-27-13-26-24-23(25(27)30)17-5-8-33-12-22(17)34-24/h3-4,9-10,13H,5-8,11-12H2,1-2H3. The van der Waals surface area contributed by atoms with Crippen molar-refractivity contribution in [3.05, 3.63) is 68.3 Å². The van der Waals surface area contributed by atoms with E-state index in [1.807, 2.05) is 54.4 Å². The summed E-state index contributed by atoms with van der Waals surface area (Å²) in [6.07, 6.45) is 2.39. The van der Waals surface area contributed by atoms with Crippen LogP contribution in [-0.4, -0.2) is 38.9 Å². The molecule has 0 saturated carbocycles. The van der Waals surface area contributed by atoms with Crippen LogP contribution in [0.4, 0.5) is 0 Å². The van der Waals surface area contributed by atoms with Crippen LogP contribution >= 0.6 is 23.1 Å². The molecular formula is C25H23N3O4S2. The first-order chi connectivity index (χ1) is 16.5. The van der Waals surface area contributed by atoms with Gasteiger partial charge in [0, 0.05) is 39.3 Å². The Hall–Kier alpha value is -3.04. The largest absolute Gasteiger partial charge is 0.486 e. The molecule has 9 heteroatoms. The fraction of sp³-hybridized carbons (Fsp3) is 0.320. The van der Waals surface area contributed by atoms with Gasteiger partial charge in [0.25, 0.3) is 5.56 Å². The maximum atomic E-state index is 13.3. The lowest BCUT2D eigenvalue weighted by molar-refractivity contribution is 0.0970. The number of aryl methyl sites for hydroxylation is 2. The van der Waals surface area contributed by atoms with Gasteiger partial charge in [0.2, 0.25) is 0 Å². The molecule has 0 saturated heterocycles. The highest BCUT2D eigenvalue weighted by atomic mass is 32.2. The summed E-state index contributed by atoms with van der Waals surface area (Å²) in [4.78, 5) is 33.1. The van der Waals surface area contributed by atoms with Crippen molar-refractivity contribution in [2.75, 3.05) is 19.0 Å². The van der Waals surface area contributed by atoms with Crippen molar-refractivity contribution in [2.24, 2.45) is 0 Å². The Bertz CT molecular complexity index is 1510. The van der Waals surface area contributed by atoms with Gasteiger partial charge in [-0.2, -0.15) is 11.8 Å². The zero-order valence-corrected chi connectivity index (χ0v) is 20.6. The van der Waals surface area contributed by atoms with Crippen LogP contribution in [0.3, 0.4) is 0 Å². The van der Waals surface area contributed by atoms with Gasteiger partial charge in [0.05, 0.1) is 18.3 Å². The summed E-state index contributed by atoms with van der Waals surface area (Å²) in [5.41, 5.74) is 4.26. The number of ether oxygens (including phenoxy) is 2. The molecule has 1 aromatic carbocycles. The Morgan fingerprint density at radius 3 is 2.82 bits per heavy atom. The van der Waals surface area contributed by atoms with Crippen molar-refractivity contribution >= 4 is 39.1 Å². The lowest BCUT2D eigenvalue weighted by atomic mass is 10.1. The molecule has 0 atom stereocenters. The molecule has 2 aliphatic rings. The number of rotatable bonds is 4. The van der Waals surface area contributed by atoms with E-state index in [1.165, 1.54) is 15.8 Å². The Morgan fingerprint density at radius 2 is 1.97 bits per heavy atom. The fourth-order valence-electron chi connectivity index (χ4n) is 4.81. The SMILES string of the molecule is Cc1cc(C(=O)Cn2cnc3sc4c(c3c2=O)CCSC4)c(C)n1-c1ccc2c(c1)OCCO2. The second kappa shape index (κ2) is 8.32. The minimum absolute atomic E-state index is 0.0351. The van der Waals surface area contributed by atoms with Gasteiger partial charge < -0.3 is 14.0 Å². The average molecular weight is 494 g/mol. The average Bonchev–Trinajstić information content (AvgIpc) is 3.37. The highest BCUT2D eigenvalue weighted by molar-refractivity contribution is 7.98. The summed E-state index contributed by atoms with van der Waals surface area (Å²) < 4.78 is 14.8. The monoisotopic (exact) mass is 493 g/mol. The second-order valence-corrected chi connectivity index (χ2v) is 10.7. The molecule has 34 heavy (non-hydrogen) atoms. The van der Waals surface area contributed by atoms with Crippen LogP contribution in [0.25, 0.3) is 15.9 Å². The molecule has 0 amide bonds. The minimum Gasteiger partial charge on any atom is -0.486 e. The van der Waals surface area contributed by atoms with E-state index in [4.69, 9.17) is 9.47 Å². The lowest BCUT2D eigenvalue weighted by Gasteiger charge is -2.20. The van der Waals surface area contributed by atoms with Gasteiger partial charge in [-0.3, -0.25) is 14.2 Å². The van der Waals surface area contributed by atoms with Gasteiger partial charge in [-0.1, -0.05) is 0 Å². The number of thiophene rings is 1. The van der Waals surface area contributed by atoms with Crippen molar-refractivity contribution in [3.8, 4) is 17.2 Å². The number of hydrogen-bond acceptors (Lipinski definition) is 7. The third kappa shape index (κ3) is 3.45. The van der Waals surface area contributed by atoms with Crippen LogP contribution in [0.1, 0.15) is 32.2 Å². The van der Waals surface area contributed by atoms with Crippen molar-refractivity contribution in [1.82, 2.24) is 14.1 Å². The van der Waals surface area contributed by atoms with Crippen LogP contribution in [0.5, 0.6) is 11.5 Å². The van der Waals surface area contributed by atoms with E-state index < -0.39 is 0 Å². The number of carbonyl (C=O) groups excluding carboxylic acids is 1. The number of benzene rings is 1. The van der Waals surface area contributed by atoms with E-state index >= 15 is 0 Å². The first-order valence-electron chi connectivity index (χ1n) is 11.2. The van der Waals surface area contributed by atoms with Crippen LogP contribution in [-0.2, 0) is 18.7 Å². The Morgan fingerprint density at radius 1 is 1.15 bits per heavy atom. The summed E-state index contributed by atoms with van der Waals surface area (Å²) in [6, 6.07) is 7.67. The van der Waals surface area contributed by atoms with E-state index in [2.05, 4.69) is 4.98 Å². The van der Waals surface area contributed by atoms with Crippen molar-refractivity contribution in [2.45, 2.75) is 32.6 Å². The normalized spacial score (nSPS) is 14.9. The van der Waals surface area contributed by atoms with Crippen LogP contribution in [0, 0.1) is 13.8 Å². The Kier molecular flexibility index (Phi) is 5.26. The van der Waals surface area contributed by atoms with E-state index in [1.54, 1.807) is 11.3 Å². The predicted octanol–water partition coefficient (Wildman–Crippen LogP) is 4.31. The molecule has 174 valence electrons. The smallest absolute Gasteiger partial charge is 0.262 e. The maximum absolute atomic E-state index is 13.3. The van der Waals surface area contributed by atoms with Gasteiger partial charge >= 0.3 is 0 Å². The molecule has 0 fully saturated rings. The van der Waals surface area contributed by atoms with Gasteiger partial charge in [-0.15, -0.1) is 11.3 Å². The summed E-state index contributed by atoms with van der Waals surface area (Å²) in [5.74, 6) is 3.26. The van der Waals surface area contributed by atoms with Gasteiger partial charge in [-0.05, 0) is 49.8 Å². The molecular weight excluding hydrogens is 470 g/mol. The third-order valence-corrected chi connectivity index (χ3v) is 8.73. The summed E-state index contributed by atoms with van der Waals surface area (Å²) in [5, 5.41) is 0.692. The zero-order chi connectivity index (χ0) is 23.4. The summed E-state index contributed by atoms with van der Waals surface area (Å²) in [6.45, 7) is 4.92.